The minimum atomic E-state index is -0.145. The molecule has 0 bridgehead atoms. The highest BCUT2D eigenvalue weighted by Gasteiger charge is 2.17. The van der Waals surface area contributed by atoms with E-state index >= 15 is 0 Å². The summed E-state index contributed by atoms with van der Waals surface area (Å²) in [7, 11) is 1.64. The predicted molar refractivity (Wildman–Crippen MR) is 114 cm³/mol. The molecular weight excluding hydrogens is 392 g/mol. The zero-order valence-electron chi connectivity index (χ0n) is 16.4. The molecule has 0 spiro atoms. The summed E-state index contributed by atoms with van der Waals surface area (Å²) in [6.45, 7) is 6.79. The molecule has 0 saturated carbocycles. The fourth-order valence-electron chi connectivity index (χ4n) is 2.95. The summed E-state index contributed by atoms with van der Waals surface area (Å²) in [5.74, 6) is 1.85. The van der Waals surface area contributed by atoms with Gasteiger partial charge >= 0.3 is 0 Å². The van der Waals surface area contributed by atoms with Gasteiger partial charge < -0.3 is 14.6 Å². The topological polar surface area (TPSA) is 69.0 Å². The number of carbonyl (C=O) groups excluding carboxylic acids is 1. The van der Waals surface area contributed by atoms with E-state index < -0.39 is 0 Å². The van der Waals surface area contributed by atoms with Crippen LogP contribution in [0.3, 0.4) is 0 Å². The van der Waals surface area contributed by atoms with E-state index in [9.17, 15) is 4.79 Å². The number of benzene rings is 1. The molecule has 0 radical (unpaired) electrons. The minimum Gasteiger partial charge on any atom is -0.496 e. The third-order valence-electron chi connectivity index (χ3n) is 4.34. The van der Waals surface area contributed by atoms with Crippen LogP contribution in [0.1, 0.15) is 31.0 Å². The van der Waals surface area contributed by atoms with E-state index in [0.717, 1.165) is 39.3 Å². The molecule has 1 aromatic carbocycles. The number of thioether (sulfide) groups is 1. The first kappa shape index (κ1) is 20.4. The number of rotatable bonds is 8. The number of methoxy groups -OCH3 is 1. The van der Waals surface area contributed by atoms with Gasteiger partial charge in [-0.15, -0.1) is 21.5 Å². The average molecular weight is 417 g/mol. The SMILES string of the molecule is CCn1c(SCC(=O)NC(C)c2cc(C)ccc2OC)nnc1-c1cccs1. The standard InChI is InChI=1S/C20H24N4O2S2/c1-5-24-19(17-7-6-10-27-17)22-23-20(24)28-12-18(25)21-14(3)15-11-13(2)8-9-16(15)26-4/h6-11,14H,5,12H2,1-4H3,(H,21,25). The second kappa shape index (κ2) is 9.25. The van der Waals surface area contributed by atoms with E-state index in [1.807, 2.05) is 54.1 Å². The molecule has 1 N–H and O–H groups in total. The van der Waals surface area contributed by atoms with Crippen molar-refractivity contribution in [2.75, 3.05) is 12.9 Å². The van der Waals surface area contributed by atoms with Crippen LogP contribution < -0.4 is 10.1 Å². The summed E-state index contributed by atoms with van der Waals surface area (Å²) >= 11 is 3.03. The van der Waals surface area contributed by atoms with Gasteiger partial charge in [0.15, 0.2) is 11.0 Å². The van der Waals surface area contributed by atoms with E-state index in [-0.39, 0.29) is 17.7 Å². The maximum Gasteiger partial charge on any atom is 0.230 e. The molecule has 0 aliphatic rings. The van der Waals surface area contributed by atoms with Gasteiger partial charge in [0, 0.05) is 12.1 Å². The highest BCUT2D eigenvalue weighted by molar-refractivity contribution is 7.99. The molecule has 6 nitrogen and oxygen atoms in total. The van der Waals surface area contributed by atoms with Crippen molar-refractivity contribution in [1.82, 2.24) is 20.1 Å². The first-order valence-corrected chi connectivity index (χ1v) is 10.9. The zero-order chi connectivity index (χ0) is 20.1. The lowest BCUT2D eigenvalue weighted by atomic mass is 10.0. The Morgan fingerprint density at radius 1 is 1.36 bits per heavy atom. The molecule has 2 heterocycles. The monoisotopic (exact) mass is 416 g/mol. The highest BCUT2D eigenvalue weighted by atomic mass is 32.2. The van der Waals surface area contributed by atoms with Crippen molar-refractivity contribution >= 4 is 29.0 Å². The Morgan fingerprint density at radius 3 is 2.86 bits per heavy atom. The molecule has 0 aliphatic heterocycles. The zero-order valence-corrected chi connectivity index (χ0v) is 18.1. The Labute approximate surface area is 173 Å². The van der Waals surface area contributed by atoms with Crippen molar-refractivity contribution in [2.45, 2.75) is 38.5 Å². The van der Waals surface area contributed by atoms with E-state index in [4.69, 9.17) is 4.74 Å². The third-order valence-corrected chi connectivity index (χ3v) is 6.17. The van der Waals surface area contributed by atoms with Crippen LogP contribution in [0.25, 0.3) is 10.7 Å². The van der Waals surface area contributed by atoms with E-state index in [1.54, 1.807) is 18.4 Å². The number of ether oxygens (including phenoxy) is 1. The van der Waals surface area contributed by atoms with Crippen LogP contribution in [0.5, 0.6) is 5.75 Å². The number of hydrogen-bond donors (Lipinski definition) is 1. The fourth-order valence-corrected chi connectivity index (χ4v) is 4.48. The van der Waals surface area contributed by atoms with Gasteiger partial charge in [-0.2, -0.15) is 0 Å². The number of aryl methyl sites for hydroxylation is 1. The Kier molecular flexibility index (Phi) is 6.74. The summed E-state index contributed by atoms with van der Waals surface area (Å²) in [5.41, 5.74) is 2.10. The minimum absolute atomic E-state index is 0.0515. The van der Waals surface area contributed by atoms with Gasteiger partial charge in [0.2, 0.25) is 5.91 Å². The number of carbonyl (C=O) groups is 1. The van der Waals surface area contributed by atoms with E-state index in [2.05, 4.69) is 22.4 Å². The van der Waals surface area contributed by atoms with Crippen LogP contribution in [-0.4, -0.2) is 33.5 Å². The lowest BCUT2D eigenvalue weighted by Gasteiger charge is -2.18. The normalized spacial score (nSPS) is 12.0. The molecule has 0 saturated heterocycles. The van der Waals surface area contributed by atoms with Crippen molar-refractivity contribution in [3.8, 4) is 16.5 Å². The van der Waals surface area contributed by atoms with E-state index in [0.29, 0.717) is 0 Å². The smallest absolute Gasteiger partial charge is 0.230 e. The van der Waals surface area contributed by atoms with Gasteiger partial charge in [0.05, 0.1) is 23.8 Å². The third kappa shape index (κ3) is 4.56. The Morgan fingerprint density at radius 2 is 2.18 bits per heavy atom. The van der Waals surface area contributed by atoms with Crippen LogP contribution in [0.2, 0.25) is 0 Å². The molecule has 3 aromatic rings. The Hall–Kier alpha value is -2.32. The Bertz CT molecular complexity index is 938. The number of nitrogens with zero attached hydrogens (tertiary/aromatic N) is 3. The van der Waals surface area contributed by atoms with Crippen molar-refractivity contribution in [1.29, 1.82) is 0 Å². The fraction of sp³-hybridized carbons (Fsp3) is 0.350. The second-order valence-electron chi connectivity index (χ2n) is 6.35. The number of hydrogen-bond acceptors (Lipinski definition) is 6. The maximum absolute atomic E-state index is 12.5. The molecule has 0 aliphatic carbocycles. The van der Waals surface area contributed by atoms with Gasteiger partial charge in [-0.05, 0) is 38.3 Å². The molecule has 0 fully saturated rings. The lowest BCUT2D eigenvalue weighted by Crippen LogP contribution is -2.28. The number of nitrogens with one attached hydrogen (secondary N) is 1. The number of thiophene rings is 1. The van der Waals surface area contributed by atoms with Crippen LogP contribution in [0.15, 0.2) is 40.9 Å². The quantitative estimate of drug-likeness (QED) is 0.554. The first-order valence-electron chi connectivity index (χ1n) is 9.07. The summed E-state index contributed by atoms with van der Waals surface area (Å²) < 4.78 is 7.46. The van der Waals surface area contributed by atoms with Crippen molar-refractivity contribution in [2.24, 2.45) is 0 Å². The van der Waals surface area contributed by atoms with Crippen molar-refractivity contribution < 1.29 is 9.53 Å². The van der Waals surface area contributed by atoms with Crippen LogP contribution in [-0.2, 0) is 11.3 Å². The molecule has 3 rings (SSSR count). The molecule has 148 valence electrons. The predicted octanol–water partition coefficient (Wildman–Crippen LogP) is 4.31. The molecule has 2 aromatic heterocycles. The number of amides is 1. The molecule has 8 heteroatoms. The summed E-state index contributed by atoms with van der Waals surface area (Å²) in [5, 5.41) is 14.4. The van der Waals surface area contributed by atoms with E-state index in [1.165, 1.54) is 11.8 Å². The first-order chi connectivity index (χ1) is 13.5. The highest BCUT2D eigenvalue weighted by Crippen LogP contribution is 2.28. The van der Waals surface area contributed by atoms with Gasteiger partial charge in [0.25, 0.3) is 0 Å². The Balaban J connectivity index is 1.64. The lowest BCUT2D eigenvalue weighted by molar-refractivity contribution is -0.119. The molecular formula is C20H24N4O2S2. The second-order valence-corrected chi connectivity index (χ2v) is 8.24. The molecule has 1 amide bonds. The van der Waals surface area contributed by atoms with Gasteiger partial charge in [0.1, 0.15) is 5.75 Å². The van der Waals surface area contributed by atoms with Gasteiger partial charge in [-0.25, -0.2) is 0 Å². The molecule has 1 atom stereocenters. The maximum atomic E-state index is 12.5. The van der Waals surface area contributed by atoms with Crippen molar-refractivity contribution in [3.05, 3.63) is 46.8 Å². The number of aromatic nitrogens is 3. The van der Waals surface area contributed by atoms with Gasteiger partial charge in [-0.3, -0.25) is 4.79 Å². The van der Waals surface area contributed by atoms with Crippen LogP contribution in [0.4, 0.5) is 0 Å². The van der Waals surface area contributed by atoms with Gasteiger partial charge in [-0.1, -0.05) is 35.5 Å². The largest absolute Gasteiger partial charge is 0.496 e. The van der Waals surface area contributed by atoms with Crippen LogP contribution in [0, 0.1) is 6.92 Å². The van der Waals surface area contributed by atoms with Crippen LogP contribution >= 0.6 is 23.1 Å². The van der Waals surface area contributed by atoms with Crippen molar-refractivity contribution in [3.63, 3.8) is 0 Å². The average Bonchev–Trinajstić information content (AvgIpc) is 3.35. The molecule has 28 heavy (non-hydrogen) atoms. The summed E-state index contributed by atoms with van der Waals surface area (Å²) in [6.07, 6.45) is 0. The molecule has 1 unspecified atom stereocenters. The summed E-state index contributed by atoms with van der Waals surface area (Å²) in [6, 6.07) is 9.84. The summed E-state index contributed by atoms with van der Waals surface area (Å²) in [4.78, 5) is 13.6.